The summed E-state index contributed by atoms with van der Waals surface area (Å²) in [7, 11) is 1.20. The van der Waals surface area contributed by atoms with Crippen LogP contribution in [0.4, 0.5) is 10.5 Å². The van der Waals surface area contributed by atoms with Gasteiger partial charge < -0.3 is 4.74 Å². The third-order valence-corrected chi connectivity index (χ3v) is 3.15. The molecule has 7 nitrogen and oxygen atoms in total. The van der Waals surface area contributed by atoms with E-state index in [1.807, 2.05) is 5.32 Å². The molecule has 1 aromatic heterocycles. The second-order valence-electron chi connectivity index (χ2n) is 3.39. The second-order valence-corrected chi connectivity index (χ2v) is 4.30. The number of ether oxygens (including phenoxy) is 1. The number of urea groups is 1. The van der Waals surface area contributed by atoms with Gasteiger partial charge in [-0.2, -0.15) is 0 Å². The Bertz CT molecular complexity index is 530. The van der Waals surface area contributed by atoms with Gasteiger partial charge in [-0.05, 0) is 11.4 Å². The van der Waals surface area contributed by atoms with Crippen molar-refractivity contribution >= 4 is 40.8 Å². The van der Waals surface area contributed by atoms with Gasteiger partial charge in [0.25, 0.3) is 0 Å². The molecular formula is C10H8N2O5S. The van der Waals surface area contributed by atoms with Crippen LogP contribution in [0.1, 0.15) is 16.1 Å². The maximum absolute atomic E-state index is 11.7. The molecule has 4 amide bonds. The number of esters is 1. The Morgan fingerprint density at radius 3 is 2.78 bits per heavy atom. The Morgan fingerprint density at radius 1 is 1.44 bits per heavy atom. The topological polar surface area (TPSA) is 92.8 Å². The lowest BCUT2D eigenvalue weighted by molar-refractivity contribution is -0.128. The highest BCUT2D eigenvalue weighted by Gasteiger charge is 2.35. The minimum atomic E-state index is -0.861. The largest absolute Gasteiger partial charge is 0.465 e. The Hall–Kier alpha value is -2.22. The van der Waals surface area contributed by atoms with Crippen LogP contribution in [-0.4, -0.2) is 30.9 Å². The SMILES string of the molecule is COC(=O)c1sccc1N1C(=O)CC(=O)NC1=O. The van der Waals surface area contributed by atoms with Gasteiger partial charge in [-0.1, -0.05) is 0 Å². The van der Waals surface area contributed by atoms with Crippen molar-refractivity contribution < 1.29 is 23.9 Å². The van der Waals surface area contributed by atoms with Crippen molar-refractivity contribution in [3.8, 4) is 0 Å². The molecule has 1 saturated heterocycles. The average Bonchev–Trinajstić information content (AvgIpc) is 2.75. The van der Waals surface area contributed by atoms with Gasteiger partial charge in [0.15, 0.2) is 0 Å². The van der Waals surface area contributed by atoms with Gasteiger partial charge in [0.1, 0.15) is 11.3 Å². The number of thiophene rings is 1. The number of barbiturate groups is 1. The summed E-state index contributed by atoms with van der Waals surface area (Å²) in [6.07, 6.45) is -0.428. The molecule has 0 aliphatic carbocycles. The quantitative estimate of drug-likeness (QED) is 0.623. The molecule has 18 heavy (non-hydrogen) atoms. The monoisotopic (exact) mass is 268 g/mol. The number of imide groups is 2. The second kappa shape index (κ2) is 4.57. The van der Waals surface area contributed by atoms with Crippen LogP contribution in [-0.2, 0) is 14.3 Å². The predicted octanol–water partition coefficient (Wildman–Crippen LogP) is 0.508. The molecule has 1 aliphatic heterocycles. The van der Waals surface area contributed by atoms with Crippen molar-refractivity contribution in [1.29, 1.82) is 0 Å². The summed E-state index contributed by atoms with van der Waals surface area (Å²) in [4.78, 5) is 46.7. The fourth-order valence-electron chi connectivity index (χ4n) is 1.52. The summed E-state index contributed by atoms with van der Waals surface area (Å²) in [5.41, 5.74) is 0.127. The molecular weight excluding hydrogens is 260 g/mol. The molecule has 94 valence electrons. The first kappa shape index (κ1) is 12.2. The minimum Gasteiger partial charge on any atom is -0.465 e. The van der Waals surface area contributed by atoms with E-state index >= 15 is 0 Å². The summed E-state index contributed by atoms with van der Waals surface area (Å²) >= 11 is 1.05. The first-order chi connectivity index (χ1) is 8.54. The number of nitrogens with one attached hydrogen (secondary N) is 1. The first-order valence-electron chi connectivity index (χ1n) is 4.87. The lowest BCUT2D eigenvalue weighted by atomic mass is 10.2. The lowest BCUT2D eigenvalue weighted by Crippen LogP contribution is -2.53. The van der Waals surface area contributed by atoms with Crippen LogP contribution in [0.5, 0.6) is 0 Å². The first-order valence-corrected chi connectivity index (χ1v) is 5.75. The van der Waals surface area contributed by atoms with Crippen molar-refractivity contribution in [2.75, 3.05) is 12.0 Å². The summed E-state index contributed by atoms with van der Waals surface area (Å²) in [5, 5.41) is 3.57. The van der Waals surface area contributed by atoms with Crippen molar-refractivity contribution in [3.63, 3.8) is 0 Å². The molecule has 0 bridgehead atoms. The van der Waals surface area contributed by atoms with E-state index in [4.69, 9.17) is 0 Å². The average molecular weight is 268 g/mol. The number of nitrogens with zero attached hydrogens (tertiary/aromatic N) is 1. The van der Waals surface area contributed by atoms with Gasteiger partial charge in [0.2, 0.25) is 11.8 Å². The van der Waals surface area contributed by atoms with E-state index in [1.165, 1.54) is 13.2 Å². The number of carbonyl (C=O) groups excluding carboxylic acids is 4. The van der Waals surface area contributed by atoms with Crippen molar-refractivity contribution in [1.82, 2.24) is 5.32 Å². The number of anilines is 1. The smallest absolute Gasteiger partial charge is 0.350 e. The number of rotatable bonds is 2. The summed E-state index contributed by atoms with van der Waals surface area (Å²) in [6, 6.07) is 0.587. The lowest BCUT2D eigenvalue weighted by Gasteiger charge is -2.24. The maximum atomic E-state index is 11.7. The van der Waals surface area contributed by atoms with E-state index in [0.717, 1.165) is 16.2 Å². The zero-order valence-corrected chi connectivity index (χ0v) is 10.1. The Balaban J connectivity index is 2.39. The highest BCUT2D eigenvalue weighted by atomic mass is 32.1. The molecule has 2 rings (SSSR count). The standard InChI is InChI=1S/C10H8N2O5S/c1-17-9(15)8-5(2-3-18-8)12-7(14)4-6(13)11-10(12)16/h2-3H,4H2,1H3,(H,11,13,16). The van der Waals surface area contributed by atoms with Crippen LogP contribution >= 0.6 is 11.3 Å². The third-order valence-electron chi connectivity index (χ3n) is 2.27. The van der Waals surface area contributed by atoms with Crippen molar-refractivity contribution in [2.24, 2.45) is 0 Å². The van der Waals surface area contributed by atoms with Crippen LogP contribution in [0, 0.1) is 0 Å². The van der Waals surface area contributed by atoms with Gasteiger partial charge in [0.05, 0.1) is 12.8 Å². The van der Waals surface area contributed by atoms with Crippen LogP contribution in [0.15, 0.2) is 11.4 Å². The normalized spacial score (nSPS) is 15.6. The maximum Gasteiger partial charge on any atom is 0.350 e. The number of methoxy groups -OCH3 is 1. The molecule has 0 aromatic carbocycles. The molecule has 1 aliphatic rings. The minimum absolute atomic E-state index is 0.127. The molecule has 0 saturated carbocycles. The predicted molar refractivity (Wildman–Crippen MR) is 61.3 cm³/mol. The number of hydrogen-bond donors (Lipinski definition) is 1. The highest BCUT2D eigenvalue weighted by Crippen LogP contribution is 2.28. The highest BCUT2D eigenvalue weighted by molar-refractivity contribution is 7.12. The van der Waals surface area contributed by atoms with E-state index in [2.05, 4.69) is 4.74 Å². The van der Waals surface area contributed by atoms with Crippen LogP contribution in [0.2, 0.25) is 0 Å². The van der Waals surface area contributed by atoms with Gasteiger partial charge in [-0.3, -0.25) is 14.9 Å². The number of amides is 4. The van der Waals surface area contributed by atoms with Gasteiger partial charge in [0, 0.05) is 0 Å². The van der Waals surface area contributed by atoms with E-state index in [9.17, 15) is 19.2 Å². The van der Waals surface area contributed by atoms with Crippen molar-refractivity contribution in [3.05, 3.63) is 16.3 Å². The van der Waals surface area contributed by atoms with E-state index in [1.54, 1.807) is 5.38 Å². The number of hydrogen-bond acceptors (Lipinski definition) is 6. The number of carbonyl (C=O) groups is 4. The molecule has 1 aromatic rings. The van der Waals surface area contributed by atoms with Crippen molar-refractivity contribution in [2.45, 2.75) is 6.42 Å². The van der Waals surface area contributed by atoms with E-state index in [-0.39, 0.29) is 10.6 Å². The fraction of sp³-hybridized carbons (Fsp3) is 0.200. The molecule has 0 radical (unpaired) electrons. The zero-order chi connectivity index (χ0) is 13.3. The van der Waals surface area contributed by atoms with Gasteiger partial charge in [-0.25, -0.2) is 14.5 Å². The molecule has 8 heteroatoms. The van der Waals surface area contributed by atoms with E-state index in [0.29, 0.717) is 0 Å². The third kappa shape index (κ3) is 1.97. The molecule has 2 heterocycles. The summed E-state index contributed by atoms with van der Waals surface area (Å²) in [5.74, 6) is -1.97. The molecule has 0 spiro atoms. The van der Waals surface area contributed by atoms with Crippen LogP contribution < -0.4 is 10.2 Å². The Labute approximate surface area is 105 Å². The van der Waals surface area contributed by atoms with E-state index < -0.39 is 30.2 Å². The van der Waals surface area contributed by atoms with Gasteiger partial charge >= 0.3 is 12.0 Å². The molecule has 0 atom stereocenters. The van der Waals surface area contributed by atoms with Crippen LogP contribution in [0.25, 0.3) is 0 Å². The summed E-state index contributed by atoms with van der Waals surface area (Å²) < 4.78 is 4.55. The Morgan fingerprint density at radius 2 is 2.17 bits per heavy atom. The van der Waals surface area contributed by atoms with Crippen LogP contribution in [0.3, 0.4) is 0 Å². The van der Waals surface area contributed by atoms with Gasteiger partial charge in [-0.15, -0.1) is 11.3 Å². The fourth-order valence-corrected chi connectivity index (χ4v) is 2.31. The molecule has 1 fully saturated rings. The molecule has 1 N–H and O–H groups in total. The summed E-state index contributed by atoms with van der Waals surface area (Å²) in [6.45, 7) is 0. The zero-order valence-electron chi connectivity index (χ0n) is 9.26. The molecule has 0 unspecified atom stereocenters. The Kier molecular flexibility index (Phi) is 3.11.